The second kappa shape index (κ2) is 6.02. The molecule has 0 spiro atoms. The summed E-state index contributed by atoms with van der Waals surface area (Å²) in [7, 11) is 0. The predicted molar refractivity (Wildman–Crippen MR) is 82.4 cm³/mol. The number of carbonyl (C=O) groups excluding carboxylic acids is 1. The summed E-state index contributed by atoms with van der Waals surface area (Å²) < 4.78 is 0. The topological polar surface area (TPSA) is 58.4 Å². The zero-order valence-electron chi connectivity index (χ0n) is 13.5. The molecule has 1 saturated carbocycles. The first-order chi connectivity index (χ1) is 9.35. The smallest absolute Gasteiger partial charge is 0.239 e. The zero-order valence-corrected chi connectivity index (χ0v) is 13.5. The van der Waals surface area contributed by atoms with Crippen LogP contribution < -0.4 is 11.1 Å². The molecule has 0 aromatic heterocycles. The Kier molecular flexibility index (Phi) is 4.75. The molecular weight excluding hydrogens is 250 g/mol. The van der Waals surface area contributed by atoms with E-state index in [9.17, 15) is 4.79 Å². The lowest BCUT2D eigenvalue weighted by atomic mass is 9.87. The highest BCUT2D eigenvalue weighted by molar-refractivity contribution is 5.86. The average Bonchev–Trinajstić information content (AvgIpc) is 3.16. The van der Waals surface area contributed by atoms with E-state index in [0.29, 0.717) is 12.0 Å². The molecule has 1 heterocycles. The standard InChI is InChI=1S/C16H31N3O/c1-11(2)18-16(15(17)20,14-7-8-14)10-19-9-12(3)5-6-13(19)4/h11-14,18H,5-10H2,1-4H3,(H2,17,20). The Hall–Kier alpha value is -0.610. The van der Waals surface area contributed by atoms with Gasteiger partial charge in [0.15, 0.2) is 0 Å². The Labute approximate surface area is 123 Å². The molecule has 1 aliphatic carbocycles. The summed E-state index contributed by atoms with van der Waals surface area (Å²) in [5.41, 5.74) is 5.30. The van der Waals surface area contributed by atoms with Crippen molar-refractivity contribution in [3.05, 3.63) is 0 Å². The fraction of sp³-hybridized carbons (Fsp3) is 0.938. The summed E-state index contributed by atoms with van der Waals surface area (Å²) >= 11 is 0. The second-order valence-electron chi connectivity index (χ2n) is 7.37. The van der Waals surface area contributed by atoms with Crippen LogP contribution in [0.5, 0.6) is 0 Å². The van der Waals surface area contributed by atoms with E-state index in [2.05, 4.69) is 37.9 Å². The van der Waals surface area contributed by atoms with Gasteiger partial charge in [0.1, 0.15) is 5.54 Å². The molecule has 1 saturated heterocycles. The molecular formula is C16H31N3O. The Bertz CT molecular complexity index is 354. The number of carbonyl (C=O) groups is 1. The third-order valence-corrected chi connectivity index (χ3v) is 4.96. The number of piperidine rings is 1. The summed E-state index contributed by atoms with van der Waals surface area (Å²) in [5.74, 6) is 0.973. The number of nitrogens with one attached hydrogen (secondary N) is 1. The van der Waals surface area contributed by atoms with Crippen LogP contribution in [0.1, 0.15) is 53.4 Å². The van der Waals surface area contributed by atoms with E-state index < -0.39 is 5.54 Å². The number of amides is 1. The fourth-order valence-electron chi connectivity index (χ4n) is 3.65. The van der Waals surface area contributed by atoms with Crippen molar-refractivity contribution in [2.24, 2.45) is 17.6 Å². The van der Waals surface area contributed by atoms with Gasteiger partial charge >= 0.3 is 0 Å². The van der Waals surface area contributed by atoms with E-state index in [1.54, 1.807) is 0 Å². The van der Waals surface area contributed by atoms with Gasteiger partial charge in [-0.3, -0.25) is 15.0 Å². The van der Waals surface area contributed by atoms with Gasteiger partial charge in [0.25, 0.3) is 0 Å². The molecule has 0 bridgehead atoms. The van der Waals surface area contributed by atoms with E-state index in [-0.39, 0.29) is 11.9 Å². The summed E-state index contributed by atoms with van der Waals surface area (Å²) in [4.78, 5) is 14.7. The van der Waals surface area contributed by atoms with E-state index in [1.165, 1.54) is 12.8 Å². The molecule has 1 amide bonds. The van der Waals surface area contributed by atoms with E-state index in [0.717, 1.165) is 31.8 Å². The van der Waals surface area contributed by atoms with Gasteiger partial charge in [-0.1, -0.05) is 6.92 Å². The van der Waals surface area contributed by atoms with Crippen molar-refractivity contribution >= 4 is 5.91 Å². The Balaban J connectivity index is 2.15. The lowest BCUT2D eigenvalue weighted by Gasteiger charge is -2.44. The van der Waals surface area contributed by atoms with E-state index in [1.807, 2.05) is 0 Å². The Morgan fingerprint density at radius 3 is 2.45 bits per heavy atom. The monoisotopic (exact) mass is 281 g/mol. The van der Waals surface area contributed by atoms with Crippen LogP contribution in [0.15, 0.2) is 0 Å². The molecule has 2 fully saturated rings. The van der Waals surface area contributed by atoms with Crippen molar-refractivity contribution in [1.82, 2.24) is 10.2 Å². The third-order valence-electron chi connectivity index (χ3n) is 4.96. The first-order valence-corrected chi connectivity index (χ1v) is 8.16. The highest BCUT2D eigenvalue weighted by Crippen LogP contribution is 2.41. The molecule has 3 unspecified atom stereocenters. The SMILES string of the molecule is CC1CCC(C)N(CC(NC(C)C)(C(N)=O)C2CC2)C1. The molecule has 3 atom stereocenters. The largest absolute Gasteiger partial charge is 0.368 e. The van der Waals surface area contributed by atoms with Gasteiger partial charge in [0.05, 0.1) is 0 Å². The molecule has 4 nitrogen and oxygen atoms in total. The van der Waals surface area contributed by atoms with Crippen molar-refractivity contribution in [2.75, 3.05) is 13.1 Å². The first-order valence-electron chi connectivity index (χ1n) is 8.16. The van der Waals surface area contributed by atoms with Crippen LogP contribution in [0.4, 0.5) is 0 Å². The number of likely N-dealkylation sites (tertiary alicyclic amines) is 1. The summed E-state index contributed by atoms with van der Waals surface area (Å²) in [6.07, 6.45) is 4.77. The van der Waals surface area contributed by atoms with Crippen LogP contribution in [-0.4, -0.2) is 41.5 Å². The summed E-state index contributed by atoms with van der Waals surface area (Å²) in [6, 6.07) is 0.832. The average molecular weight is 281 g/mol. The number of nitrogens with zero attached hydrogens (tertiary/aromatic N) is 1. The number of primary amides is 1. The van der Waals surface area contributed by atoms with Gasteiger partial charge < -0.3 is 5.73 Å². The number of hydrogen-bond donors (Lipinski definition) is 2. The number of rotatable bonds is 6. The molecule has 0 radical (unpaired) electrons. The highest BCUT2D eigenvalue weighted by atomic mass is 16.1. The Morgan fingerprint density at radius 2 is 1.95 bits per heavy atom. The van der Waals surface area contributed by atoms with Crippen molar-refractivity contribution in [2.45, 2.75) is 71.0 Å². The fourth-order valence-corrected chi connectivity index (χ4v) is 3.65. The van der Waals surface area contributed by atoms with Gasteiger partial charge in [-0.25, -0.2) is 0 Å². The number of nitrogens with two attached hydrogens (primary N) is 1. The molecule has 1 aliphatic heterocycles. The van der Waals surface area contributed by atoms with Crippen LogP contribution in [0.2, 0.25) is 0 Å². The molecule has 3 N–H and O–H groups in total. The van der Waals surface area contributed by atoms with Crippen molar-refractivity contribution in [3.8, 4) is 0 Å². The van der Waals surface area contributed by atoms with E-state index >= 15 is 0 Å². The molecule has 0 aromatic rings. The minimum atomic E-state index is -0.528. The predicted octanol–water partition coefficient (Wildman–Crippen LogP) is 1.74. The van der Waals surface area contributed by atoms with Crippen LogP contribution >= 0.6 is 0 Å². The van der Waals surface area contributed by atoms with Gasteiger partial charge in [-0.2, -0.15) is 0 Å². The Morgan fingerprint density at radius 1 is 1.30 bits per heavy atom. The number of hydrogen-bond acceptors (Lipinski definition) is 3. The van der Waals surface area contributed by atoms with Gasteiger partial charge in [0.2, 0.25) is 5.91 Å². The normalized spacial score (nSPS) is 31.2. The van der Waals surface area contributed by atoms with Crippen molar-refractivity contribution < 1.29 is 4.79 Å². The molecule has 0 aromatic carbocycles. The van der Waals surface area contributed by atoms with E-state index in [4.69, 9.17) is 5.73 Å². The highest BCUT2D eigenvalue weighted by Gasteiger charge is 2.51. The van der Waals surface area contributed by atoms with Crippen LogP contribution in [0, 0.1) is 11.8 Å². The zero-order chi connectivity index (χ0) is 14.9. The molecule has 116 valence electrons. The van der Waals surface area contributed by atoms with Gasteiger partial charge in [-0.15, -0.1) is 0 Å². The van der Waals surface area contributed by atoms with Crippen LogP contribution in [-0.2, 0) is 4.79 Å². The first kappa shape index (κ1) is 15.8. The van der Waals surface area contributed by atoms with Gasteiger partial charge in [-0.05, 0) is 58.3 Å². The molecule has 20 heavy (non-hydrogen) atoms. The lowest BCUT2D eigenvalue weighted by Crippen LogP contribution is -2.66. The molecule has 4 heteroatoms. The van der Waals surface area contributed by atoms with Crippen molar-refractivity contribution in [3.63, 3.8) is 0 Å². The summed E-state index contributed by atoms with van der Waals surface area (Å²) in [5, 5.41) is 3.52. The molecule has 2 rings (SSSR count). The van der Waals surface area contributed by atoms with Crippen molar-refractivity contribution in [1.29, 1.82) is 0 Å². The third kappa shape index (κ3) is 3.34. The maximum Gasteiger partial charge on any atom is 0.239 e. The van der Waals surface area contributed by atoms with Crippen LogP contribution in [0.3, 0.4) is 0 Å². The minimum Gasteiger partial charge on any atom is -0.368 e. The molecule has 2 aliphatic rings. The second-order valence-corrected chi connectivity index (χ2v) is 7.37. The maximum atomic E-state index is 12.2. The summed E-state index contributed by atoms with van der Waals surface area (Å²) in [6.45, 7) is 10.6. The lowest BCUT2D eigenvalue weighted by molar-refractivity contribution is -0.127. The van der Waals surface area contributed by atoms with Gasteiger partial charge in [0, 0.05) is 25.2 Å². The van der Waals surface area contributed by atoms with Crippen LogP contribution in [0.25, 0.3) is 0 Å². The quantitative estimate of drug-likeness (QED) is 0.779. The minimum absolute atomic E-state index is 0.167. The maximum absolute atomic E-state index is 12.2.